The molecule has 7 heteroatoms. The summed E-state index contributed by atoms with van der Waals surface area (Å²) in [5.41, 5.74) is 4.29. The molecular formula is C18H22N4O3. The lowest BCUT2D eigenvalue weighted by Gasteiger charge is -2.32. The van der Waals surface area contributed by atoms with Gasteiger partial charge in [0.05, 0.1) is 19.4 Å². The fraction of sp³-hybridized carbons (Fsp3) is 0.500. The number of hydrogen-bond acceptors (Lipinski definition) is 6. The summed E-state index contributed by atoms with van der Waals surface area (Å²) in [5, 5.41) is 3.71. The van der Waals surface area contributed by atoms with Crippen molar-refractivity contribution in [3.8, 4) is 0 Å². The van der Waals surface area contributed by atoms with E-state index in [1.54, 1.807) is 6.92 Å². The molecule has 2 aliphatic rings. The highest BCUT2D eigenvalue weighted by Crippen LogP contribution is 2.24. The fourth-order valence-corrected chi connectivity index (χ4v) is 3.55. The second-order valence-electron chi connectivity index (χ2n) is 6.60. The largest absolute Gasteiger partial charge is 0.379 e. The van der Waals surface area contributed by atoms with Crippen LogP contribution in [0.15, 0.2) is 23.1 Å². The molecule has 0 bridgehead atoms. The number of ether oxygens (including phenoxy) is 1. The van der Waals surface area contributed by atoms with E-state index in [4.69, 9.17) is 9.26 Å². The molecule has 0 unspecified atom stereocenters. The second-order valence-corrected chi connectivity index (χ2v) is 6.60. The lowest BCUT2D eigenvalue weighted by Crippen LogP contribution is -2.38. The summed E-state index contributed by atoms with van der Waals surface area (Å²) in [7, 11) is 0. The topological polar surface area (TPSA) is 71.7 Å². The maximum Gasteiger partial charge on any atom is 0.259 e. The summed E-state index contributed by atoms with van der Waals surface area (Å²) in [5.74, 6) is 0.540. The average Bonchev–Trinajstić information content (AvgIpc) is 3.08. The highest BCUT2D eigenvalue weighted by Gasteiger charge is 2.26. The summed E-state index contributed by atoms with van der Waals surface area (Å²) in [6.45, 7) is 7.46. The van der Waals surface area contributed by atoms with E-state index in [1.165, 1.54) is 17.3 Å². The van der Waals surface area contributed by atoms with Crippen LogP contribution in [0.3, 0.4) is 0 Å². The second kappa shape index (κ2) is 6.93. The number of nitrogens with zero attached hydrogens (tertiary/aromatic N) is 4. The number of rotatable bonds is 3. The number of aromatic nitrogens is 2. The van der Waals surface area contributed by atoms with E-state index in [2.05, 4.69) is 15.0 Å². The van der Waals surface area contributed by atoms with Crippen molar-refractivity contribution in [1.82, 2.24) is 19.9 Å². The molecule has 0 saturated carbocycles. The van der Waals surface area contributed by atoms with Gasteiger partial charge in [-0.15, -0.1) is 0 Å². The van der Waals surface area contributed by atoms with Gasteiger partial charge in [-0.3, -0.25) is 14.7 Å². The SMILES string of the molecule is Cc1oncc1C(=O)N1CCc2c(CN3CCOCC3)cncc2C1. The van der Waals surface area contributed by atoms with Crippen molar-refractivity contribution in [3.05, 3.63) is 46.6 Å². The van der Waals surface area contributed by atoms with Gasteiger partial charge in [-0.05, 0) is 30.0 Å². The molecule has 4 heterocycles. The number of morpholine rings is 1. The Bertz CT molecular complexity index is 767. The van der Waals surface area contributed by atoms with E-state index >= 15 is 0 Å². The number of fused-ring (bicyclic) bond motifs is 1. The monoisotopic (exact) mass is 342 g/mol. The Morgan fingerprint density at radius 1 is 1.20 bits per heavy atom. The molecule has 0 aliphatic carbocycles. The summed E-state index contributed by atoms with van der Waals surface area (Å²) in [4.78, 5) is 21.3. The van der Waals surface area contributed by atoms with Gasteiger partial charge in [0.15, 0.2) is 0 Å². The Balaban J connectivity index is 1.51. The van der Waals surface area contributed by atoms with E-state index < -0.39 is 0 Å². The number of carbonyl (C=O) groups excluding carboxylic acids is 1. The van der Waals surface area contributed by atoms with Crippen LogP contribution in [-0.4, -0.2) is 58.7 Å². The molecule has 2 aliphatic heterocycles. The number of pyridine rings is 1. The number of amides is 1. The van der Waals surface area contributed by atoms with E-state index in [0.29, 0.717) is 24.4 Å². The Labute approximate surface area is 146 Å². The number of hydrogen-bond donors (Lipinski definition) is 0. The maximum atomic E-state index is 12.7. The molecule has 0 N–H and O–H groups in total. The molecule has 132 valence electrons. The first-order valence-corrected chi connectivity index (χ1v) is 8.67. The molecule has 7 nitrogen and oxygen atoms in total. The first-order chi connectivity index (χ1) is 12.2. The van der Waals surface area contributed by atoms with Gasteiger partial charge in [0, 0.05) is 45.1 Å². The molecule has 0 radical (unpaired) electrons. The maximum absolute atomic E-state index is 12.7. The molecular weight excluding hydrogens is 320 g/mol. The smallest absolute Gasteiger partial charge is 0.259 e. The number of aryl methyl sites for hydroxylation is 1. The van der Waals surface area contributed by atoms with E-state index in [0.717, 1.165) is 44.8 Å². The Morgan fingerprint density at radius 3 is 2.80 bits per heavy atom. The zero-order chi connectivity index (χ0) is 17.2. The van der Waals surface area contributed by atoms with Crippen LogP contribution in [-0.2, 0) is 24.2 Å². The van der Waals surface area contributed by atoms with Crippen LogP contribution >= 0.6 is 0 Å². The van der Waals surface area contributed by atoms with Crippen LogP contribution in [0.4, 0.5) is 0 Å². The van der Waals surface area contributed by atoms with Crippen LogP contribution in [0.5, 0.6) is 0 Å². The number of carbonyl (C=O) groups is 1. The lowest BCUT2D eigenvalue weighted by molar-refractivity contribution is 0.0339. The van der Waals surface area contributed by atoms with Crippen molar-refractivity contribution in [2.75, 3.05) is 32.8 Å². The van der Waals surface area contributed by atoms with Gasteiger partial charge in [0.2, 0.25) is 0 Å². The zero-order valence-corrected chi connectivity index (χ0v) is 14.4. The van der Waals surface area contributed by atoms with Crippen LogP contribution in [0.2, 0.25) is 0 Å². The molecule has 1 amide bonds. The van der Waals surface area contributed by atoms with Gasteiger partial charge >= 0.3 is 0 Å². The highest BCUT2D eigenvalue weighted by atomic mass is 16.5. The van der Waals surface area contributed by atoms with Gasteiger partial charge < -0.3 is 14.2 Å². The van der Waals surface area contributed by atoms with Crippen LogP contribution in [0.25, 0.3) is 0 Å². The van der Waals surface area contributed by atoms with Crippen LogP contribution in [0.1, 0.15) is 32.8 Å². The molecule has 4 rings (SSSR count). The zero-order valence-electron chi connectivity index (χ0n) is 14.4. The van der Waals surface area contributed by atoms with E-state index in [-0.39, 0.29) is 5.91 Å². The van der Waals surface area contributed by atoms with Crippen LogP contribution < -0.4 is 0 Å². The summed E-state index contributed by atoms with van der Waals surface area (Å²) in [6.07, 6.45) is 6.21. The highest BCUT2D eigenvalue weighted by molar-refractivity contribution is 5.94. The predicted molar refractivity (Wildman–Crippen MR) is 90.0 cm³/mol. The molecule has 2 aromatic rings. The van der Waals surface area contributed by atoms with Crippen molar-refractivity contribution in [3.63, 3.8) is 0 Å². The van der Waals surface area contributed by atoms with Gasteiger partial charge in [-0.25, -0.2) is 0 Å². The molecule has 25 heavy (non-hydrogen) atoms. The fourth-order valence-electron chi connectivity index (χ4n) is 3.55. The Hall–Kier alpha value is -2.25. The quantitative estimate of drug-likeness (QED) is 0.840. The van der Waals surface area contributed by atoms with Gasteiger partial charge in [-0.2, -0.15) is 0 Å². The summed E-state index contributed by atoms with van der Waals surface area (Å²) in [6, 6.07) is 0. The third-order valence-electron chi connectivity index (χ3n) is 4.99. The van der Waals surface area contributed by atoms with Gasteiger partial charge in [0.1, 0.15) is 11.3 Å². The van der Waals surface area contributed by atoms with Crippen molar-refractivity contribution < 1.29 is 14.1 Å². The van der Waals surface area contributed by atoms with Crippen molar-refractivity contribution >= 4 is 5.91 Å². The predicted octanol–water partition coefficient (Wildman–Crippen LogP) is 1.41. The molecule has 0 spiro atoms. The van der Waals surface area contributed by atoms with Crippen molar-refractivity contribution in [1.29, 1.82) is 0 Å². The summed E-state index contributed by atoms with van der Waals surface area (Å²) < 4.78 is 10.4. The Kier molecular flexibility index (Phi) is 4.50. The Morgan fingerprint density at radius 2 is 2.04 bits per heavy atom. The van der Waals surface area contributed by atoms with E-state index in [9.17, 15) is 4.79 Å². The first kappa shape index (κ1) is 16.2. The van der Waals surface area contributed by atoms with E-state index in [1.807, 2.05) is 17.3 Å². The average molecular weight is 342 g/mol. The molecule has 0 atom stereocenters. The standard InChI is InChI=1S/C18H22N4O3/c1-13-17(10-20-25-13)18(23)22-3-2-16-14(8-19-9-15(16)12-22)11-21-4-6-24-7-5-21/h8-10H,2-7,11-12H2,1H3. The van der Waals surface area contributed by atoms with Crippen LogP contribution in [0, 0.1) is 6.92 Å². The molecule has 1 fully saturated rings. The van der Waals surface area contributed by atoms with Crippen molar-refractivity contribution in [2.45, 2.75) is 26.4 Å². The first-order valence-electron chi connectivity index (χ1n) is 8.67. The normalized spacial score (nSPS) is 18.2. The van der Waals surface area contributed by atoms with Crippen molar-refractivity contribution in [2.24, 2.45) is 0 Å². The third-order valence-corrected chi connectivity index (χ3v) is 4.99. The molecule has 0 aromatic carbocycles. The third kappa shape index (κ3) is 3.29. The summed E-state index contributed by atoms with van der Waals surface area (Å²) >= 11 is 0. The minimum absolute atomic E-state index is 0.0250. The minimum atomic E-state index is -0.0250. The molecule has 2 aromatic heterocycles. The van der Waals surface area contributed by atoms with Gasteiger partial charge in [-0.1, -0.05) is 5.16 Å². The molecule has 1 saturated heterocycles. The lowest BCUT2D eigenvalue weighted by atomic mass is 9.96. The minimum Gasteiger partial charge on any atom is -0.379 e. The van der Waals surface area contributed by atoms with Gasteiger partial charge in [0.25, 0.3) is 5.91 Å².